The number of aliphatic imine (C=N–C) groups is 1. The Labute approximate surface area is 180 Å². The molecule has 1 fully saturated rings. The van der Waals surface area contributed by atoms with E-state index in [4.69, 9.17) is 17.4 Å². The van der Waals surface area contributed by atoms with Crippen LogP contribution in [0.2, 0.25) is 0 Å². The normalized spacial score (nSPS) is 14.8. The fraction of sp³-hybridized carbons (Fsp3) is 0.286. The van der Waals surface area contributed by atoms with Gasteiger partial charge >= 0.3 is 0 Å². The fourth-order valence-electron chi connectivity index (χ4n) is 2.68. The molecule has 162 valence electrons. The van der Waals surface area contributed by atoms with E-state index in [1.807, 2.05) is 13.8 Å². The first-order valence-electron chi connectivity index (χ1n) is 9.95. The molecular weight excluding hydrogens is 394 g/mol. The molecule has 0 radical (unpaired) electrons. The summed E-state index contributed by atoms with van der Waals surface area (Å²) in [5.41, 5.74) is 7.88. The van der Waals surface area contributed by atoms with Gasteiger partial charge < -0.3 is 16.9 Å². The highest BCUT2D eigenvalue weighted by Crippen LogP contribution is 2.24. The van der Waals surface area contributed by atoms with Crippen molar-refractivity contribution < 1.29 is 4.79 Å². The van der Waals surface area contributed by atoms with Crippen LogP contribution < -0.4 is 22.7 Å². The minimum atomic E-state index is -0.415. The smallest absolute Gasteiger partial charge is 0.275 e. The number of pyridine rings is 2. The van der Waals surface area contributed by atoms with Crippen molar-refractivity contribution in [2.24, 2.45) is 27.5 Å². The van der Waals surface area contributed by atoms with Crippen LogP contribution in [0.5, 0.6) is 0 Å². The lowest BCUT2D eigenvalue weighted by molar-refractivity contribution is 0.102. The van der Waals surface area contributed by atoms with E-state index >= 15 is 0 Å². The fourth-order valence-corrected chi connectivity index (χ4v) is 2.68. The van der Waals surface area contributed by atoms with E-state index in [0.29, 0.717) is 23.4 Å². The van der Waals surface area contributed by atoms with Crippen molar-refractivity contribution in [2.75, 3.05) is 5.32 Å². The van der Waals surface area contributed by atoms with Gasteiger partial charge in [-0.25, -0.2) is 10.8 Å². The molecule has 10 heteroatoms. The van der Waals surface area contributed by atoms with Crippen molar-refractivity contribution >= 4 is 29.3 Å². The molecule has 0 aliphatic heterocycles. The highest BCUT2D eigenvalue weighted by Gasteiger charge is 2.19. The minimum absolute atomic E-state index is 0.0393. The van der Waals surface area contributed by atoms with E-state index < -0.39 is 5.91 Å². The second-order valence-corrected chi connectivity index (χ2v) is 7.38. The third kappa shape index (κ3) is 5.64. The Balaban J connectivity index is 1.77. The number of hydrazine groups is 1. The highest BCUT2D eigenvalue weighted by molar-refractivity contribution is 6.11. The molecule has 31 heavy (non-hydrogen) atoms. The Hall–Kier alpha value is -3.79. The molecule has 0 unspecified atom stereocenters. The third-order valence-corrected chi connectivity index (χ3v) is 4.62. The number of hydrazone groups is 1. The number of carbonyl (C=O) groups is 1. The van der Waals surface area contributed by atoms with Gasteiger partial charge in [-0.15, -0.1) is 0 Å². The van der Waals surface area contributed by atoms with Gasteiger partial charge in [-0.1, -0.05) is 6.07 Å². The zero-order chi connectivity index (χ0) is 22.4. The van der Waals surface area contributed by atoms with E-state index in [1.54, 1.807) is 42.7 Å². The standard InChI is InChI=1S/C21H27N9O/c1-13(2)30(24)20(29-23)17-4-3-5-19(27-17)28-21(31)18-10-14(8-9-25-18)15(11-22)12-26-16-6-7-16/h3-5,8-13,16H,6-7,22-24H2,1-2H3,(H,27,28,31)/b15-11+,26-12?,29-20-. The first kappa shape index (κ1) is 21.9. The molecule has 1 amide bonds. The maximum atomic E-state index is 12.8. The van der Waals surface area contributed by atoms with Crippen molar-refractivity contribution in [3.63, 3.8) is 0 Å². The predicted octanol–water partition coefficient (Wildman–Crippen LogP) is 1.47. The van der Waals surface area contributed by atoms with Gasteiger partial charge in [0.2, 0.25) is 0 Å². The Morgan fingerprint density at radius 2 is 2.06 bits per heavy atom. The molecule has 0 bridgehead atoms. The molecular formula is C21H27N9O. The molecule has 0 atom stereocenters. The zero-order valence-corrected chi connectivity index (χ0v) is 17.6. The Morgan fingerprint density at radius 1 is 1.29 bits per heavy atom. The molecule has 10 nitrogen and oxygen atoms in total. The first-order valence-corrected chi connectivity index (χ1v) is 9.95. The predicted molar refractivity (Wildman–Crippen MR) is 122 cm³/mol. The van der Waals surface area contributed by atoms with Crippen LogP contribution in [-0.2, 0) is 0 Å². The number of anilines is 1. The lowest BCUT2D eigenvalue weighted by Gasteiger charge is -2.23. The van der Waals surface area contributed by atoms with Crippen LogP contribution in [-0.4, -0.2) is 45.0 Å². The topological polar surface area (TPSA) is 161 Å². The number of allylic oxidation sites excluding steroid dienone is 1. The number of amidine groups is 1. The van der Waals surface area contributed by atoms with Crippen molar-refractivity contribution in [1.29, 1.82) is 0 Å². The number of rotatable bonds is 7. The summed E-state index contributed by atoms with van der Waals surface area (Å²) in [6, 6.07) is 8.86. The van der Waals surface area contributed by atoms with Crippen molar-refractivity contribution in [3.05, 3.63) is 59.7 Å². The van der Waals surface area contributed by atoms with Crippen LogP contribution in [0, 0.1) is 0 Å². The number of nitrogens with one attached hydrogen (secondary N) is 1. The van der Waals surface area contributed by atoms with E-state index in [0.717, 1.165) is 24.0 Å². The van der Waals surface area contributed by atoms with Crippen LogP contribution in [0.1, 0.15) is 48.4 Å². The van der Waals surface area contributed by atoms with Crippen LogP contribution in [0.15, 0.2) is 52.8 Å². The zero-order valence-electron chi connectivity index (χ0n) is 17.6. The number of amides is 1. The number of hydrogen-bond donors (Lipinski definition) is 4. The second-order valence-electron chi connectivity index (χ2n) is 7.38. The van der Waals surface area contributed by atoms with Crippen molar-refractivity contribution in [1.82, 2.24) is 15.0 Å². The summed E-state index contributed by atoms with van der Waals surface area (Å²) in [6.45, 7) is 3.80. The van der Waals surface area contributed by atoms with Gasteiger partial charge in [-0.2, -0.15) is 5.10 Å². The molecule has 1 saturated carbocycles. The number of aromatic nitrogens is 2. The van der Waals surface area contributed by atoms with Crippen LogP contribution in [0.4, 0.5) is 5.82 Å². The summed E-state index contributed by atoms with van der Waals surface area (Å²) >= 11 is 0. The van der Waals surface area contributed by atoms with Crippen LogP contribution >= 0.6 is 0 Å². The molecule has 0 spiro atoms. The van der Waals surface area contributed by atoms with Crippen molar-refractivity contribution in [3.8, 4) is 0 Å². The number of nitrogens with zero attached hydrogens (tertiary/aromatic N) is 5. The van der Waals surface area contributed by atoms with Gasteiger partial charge in [0.15, 0.2) is 5.84 Å². The largest absolute Gasteiger partial charge is 0.404 e. The van der Waals surface area contributed by atoms with Crippen LogP contribution in [0.25, 0.3) is 5.57 Å². The van der Waals surface area contributed by atoms with E-state index in [-0.39, 0.29) is 11.7 Å². The summed E-state index contributed by atoms with van der Waals surface area (Å²) in [5, 5.41) is 7.88. The maximum absolute atomic E-state index is 12.8. The summed E-state index contributed by atoms with van der Waals surface area (Å²) in [7, 11) is 0. The Kier molecular flexibility index (Phi) is 6.93. The number of nitrogens with two attached hydrogens (primary N) is 3. The lowest BCUT2D eigenvalue weighted by Crippen LogP contribution is -2.44. The highest BCUT2D eigenvalue weighted by atomic mass is 16.1. The van der Waals surface area contributed by atoms with Gasteiger partial charge in [0.05, 0.1) is 6.04 Å². The first-order chi connectivity index (χ1) is 14.9. The van der Waals surface area contributed by atoms with E-state index in [2.05, 4.69) is 25.4 Å². The van der Waals surface area contributed by atoms with Gasteiger partial charge in [0, 0.05) is 30.2 Å². The lowest BCUT2D eigenvalue weighted by atomic mass is 10.1. The van der Waals surface area contributed by atoms with E-state index in [9.17, 15) is 4.79 Å². The average molecular weight is 422 g/mol. The Bertz CT molecular complexity index is 1030. The molecule has 2 aromatic rings. The monoisotopic (exact) mass is 421 g/mol. The molecule has 7 N–H and O–H groups in total. The molecule has 0 saturated heterocycles. The summed E-state index contributed by atoms with van der Waals surface area (Å²) < 4.78 is 0. The molecule has 0 aromatic carbocycles. The number of hydrogen-bond acceptors (Lipinski definition) is 8. The summed E-state index contributed by atoms with van der Waals surface area (Å²) in [6.07, 6.45) is 6.95. The third-order valence-electron chi connectivity index (χ3n) is 4.62. The van der Waals surface area contributed by atoms with Gasteiger partial charge in [-0.05, 0) is 56.5 Å². The SMILES string of the molecule is CC(C)N(N)/C(=N\N)c1cccc(NC(=O)c2cc(/C(C=NC3CC3)=C/N)ccn2)n1. The summed E-state index contributed by atoms with van der Waals surface area (Å²) in [4.78, 5) is 25.8. The summed E-state index contributed by atoms with van der Waals surface area (Å²) in [5.74, 6) is 11.7. The molecule has 1 aliphatic carbocycles. The van der Waals surface area contributed by atoms with Crippen molar-refractivity contribution in [2.45, 2.75) is 38.8 Å². The van der Waals surface area contributed by atoms with Crippen LogP contribution in [0.3, 0.4) is 0 Å². The Morgan fingerprint density at radius 3 is 2.71 bits per heavy atom. The van der Waals surface area contributed by atoms with Gasteiger partial charge in [0.25, 0.3) is 5.91 Å². The maximum Gasteiger partial charge on any atom is 0.275 e. The molecule has 3 rings (SSSR count). The molecule has 1 aliphatic rings. The average Bonchev–Trinajstić information content (AvgIpc) is 3.59. The van der Waals surface area contributed by atoms with Gasteiger partial charge in [0.1, 0.15) is 17.2 Å². The number of carbonyl (C=O) groups excluding carboxylic acids is 1. The quantitative estimate of drug-likeness (QED) is 0.228. The second kappa shape index (κ2) is 9.81. The molecule has 2 aromatic heterocycles. The van der Waals surface area contributed by atoms with E-state index in [1.165, 1.54) is 11.2 Å². The molecule has 2 heterocycles. The van der Waals surface area contributed by atoms with Gasteiger partial charge in [-0.3, -0.25) is 19.8 Å². The minimum Gasteiger partial charge on any atom is -0.404 e.